The monoisotopic (exact) mass is 365 g/mol. The van der Waals surface area contributed by atoms with Gasteiger partial charge in [0.2, 0.25) is 5.91 Å². The molecule has 0 aliphatic carbocycles. The van der Waals surface area contributed by atoms with Crippen molar-refractivity contribution in [2.24, 2.45) is 5.41 Å². The number of amides is 1. The molecule has 3 rings (SSSR count). The summed E-state index contributed by atoms with van der Waals surface area (Å²) in [5.41, 5.74) is 0.403. The van der Waals surface area contributed by atoms with Crippen LogP contribution in [0.15, 0.2) is 18.2 Å². The van der Waals surface area contributed by atoms with Gasteiger partial charge < -0.3 is 10.2 Å². The van der Waals surface area contributed by atoms with E-state index in [1.165, 1.54) is 12.1 Å². The number of rotatable bonds is 5. The summed E-state index contributed by atoms with van der Waals surface area (Å²) in [7, 11) is 2.14. The van der Waals surface area contributed by atoms with Crippen LogP contribution in [-0.4, -0.2) is 55.0 Å². The fraction of sp³-hybridized carbons (Fsp3) is 0.650. The Morgan fingerprint density at radius 2 is 2.04 bits per heavy atom. The van der Waals surface area contributed by atoms with E-state index >= 15 is 0 Å². The van der Waals surface area contributed by atoms with Gasteiger partial charge in [-0.1, -0.05) is 19.1 Å². The van der Waals surface area contributed by atoms with Gasteiger partial charge in [0.25, 0.3) is 0 Å². The molecule has 26 heavy (non-hydrogen) atoms. The molecule has 4 nitrogen and oxygen atoms in total. The third kappa shape index (κ3) is 4.07. The first-order valence-corrected chi connectivity index (χ1v) is 9.57. The Morgan fingerprint density at radius 1 is 1.31 bits per heavy atom. The van der Waals surface area contributed by atoms with E-state index in [9.17, 15) is 13.6 Å². The van der Waals surface area contributed by atoms with Crippen molar-refractivity contribution >= 4 is 5.91 Å². The average Bonchev–Trinajstić information content (AvgIpc) is 2.98. The smallest absolute Gasteiger partial charge is 0.237 e. The molecule has 1 spiro atoms. The maximum absolute atomic E-state index is 13.8. The van der Waals surface area contributed by atoms with Gasteiger partial charge in [-0.2, -0.15) is 0 Å². The Morgan fingerprint density at radius 3 is 2.73 bits per heavy atom. The van der Waals surface area contributed by atoms with E-state index in [2.05, 4.69) is 29.1 Å². The van der Waals surface area contributed by atoms with Crippen LogP contribution >= 0.6 is 0 Å². The third-order valence-electron chi connectivity index (χ3n) is 5.95. The number of piperidine rings is 1. The van der Waals surface area contributed by atoms with E-state index in [1.54, 1.807) is 0 Å². The van der Waals surface area contributed by atoms with E-state index in [4.69, 9.17) is 0 Å². The molecule has 0 radical (unpaired) electrons. The molecule has 2 heterocycles. The lowest BCUT2D eigenvalue weighted by Crippen LogP contribution is -2.43. The second-order valence-corrected chi connectivity index (χ2v) is 7.92. The van der Waals surface area contributed by atoms with Crippen molar-refractivity contribution in [3.8, 4) is 0 Å². The maximum atomic E-state index is 13.8. The fourth-order valence-corrected chi connectivity index (χ4v) is 4.37. The molecule has 1 aromatic rings. The lowest BCUT2D eigenvalue weighted by molar-refractivity contribution is -0.125. The van der Waals surface area contributed by atoms with Gasteiger partial charge >= 0.3 is 0 Å². The quantitative estimate of drug-likeness (QED) is 0.872. The molecule has 1 aromatic carbocycles. The fourth-order valence-electron chi connectivity index (χ4n) is 4.37. The molecule has 2 saturated heterocycles. The molecule has 1 amide bonds. The zero-order chi connectivity index (χ0) is 18.7. The Kier molecular flexibility index (Phi) is 5.92. The van der Waals surface area contributed by atoms with Crippen molar-refractivity contribution in [3.05, 3.63) is 35.4 Å². The van der Waals surface area contributed by atoms with E-state index in [1.807, 2.05) is 0 Å². The number of hydrogen-bond donors (Lipinski definition) is 1. The molecule has 1 N–H and O–H groups in total. The van der Waals surface area contributed by atoms with Crippen LogP contribution in [0, 0.1) is 17.0 Å². The van der Waals surface area contributed by atoms with Crippen molar-refractivity contribution in [3.63, 3.8) is 0 Å². The minimum atomic E-state index is -0.879. The van der Waals surface area contributed by atoms with Crippen molar-refractivity contribution < 1.29 is 13.6 Å². The summed E-state index contributed by atoms with van der Waals surface area (Å²) in [5.74, 6) is -1.83. The predicted molar refractivity (Wildman–Crippen MR) is 97.6 cm³/mol. The van der Waals surface area contributed by atoms with Gasteiger partial charge in [0.05, 0.1) is 6.04 Å². The van der Waals surface area contributed by atoms with Crippen LogP contribution < -0.4 is 5.32 Å². The molecule has 1 atom stereocenters. The van der Waals surface area contributed by atoms with Gasteiger partial charge in [0.15, 0.2) is 11.6 Å². The van der Waals surface area contributed by atoms with E-state index in [-0.39, 0.29) is 29.5 Å². The Labute approximate surface area is 154 Å². The second kappa shape index (κ2) is 8.01. The number of hydrogen-bond acceptors (Lipinski definition) is 3. The molecule has 2 aliphatic rings. The zero-order valence-corrected chi connectivity index (χ0v) is 15.7. The lowest BCUT2D eigenvalue weighted by Gasteiger charge is -2.37. The van der Waals surface area contributed by atoms with Gasteiger partial charge in [-0.15, -0.1) is 0 Å². The summed E-state index contributed by atoms with van der Waals surface area (Å²) in [4.78, 5) is 17.4. The summed E-state index contributed by atoms with van der Waals surface area (Å²) >= 11 is 0. The largest absolute Gasteiger partial charge is 0.351 e. The van der Waals surface area contributed by atoms with Crippen LogP contribution in [0.4, 0.5) is 8.78 Å². The summed E-state index contributed by atoms with van der Waals surface area (Å²) in [6.45, 7) is 6.14. The molecule has 1 unspecified atom stereocenters. The molecule has 144 valence electrons. The minimum Gasteiger partial charge on any atom is -0.351 e. The van der Waals surface area contributed by atoms with Crippen LogP contribution in [0.3, 0.4) is 0 Å². The van der Waals surface area contributed by atoms with Crippen molar-refractivity contribution in [2.45, 2.75) is 45.2 Å². The summed E-state index contributed by atoms with van der Waals surface area (Å²) in [5, 5.41) is 2.83. The first-order valence-electron chi connectivity index (χ1n) is 9.57. The third-order valence-corrected chi connectivity index (χ3v) is 5.95. The Hall–Kier alpha value is -1.53. The molecule has 0 bridgehead atoms. The van der Waals surface area contributed by atoms with Crippen LogP contribution in [0.25, 0.3) is 0 Å². The van der Waals surface area contributed by atoms with Gasteiger partial charge in [-0.05, 0) is 63.8 Å². The van der Waals surface area contributed by atoms with Gasteiger partial charge in [-0.25, -0.2) is 8.78 Å². The van der Waals surface area contributed by atoms with Crippen molar-refractivity contribution in [1.29, 1.82) is 0 Å². The maximum Gasteiger partial charge on any atom is 0.237 e. The SMILES string of the molecule is CCCN1CC2(CCN(C)CC2)CC1C(=O)NCc1cccc(F)c1F. The topological polar surface area (TPSA) is 35.6 Å². The van der Waals surface area contributed by atoms with Crippen molar-refractivity contribution in [2.75, 3.05) is 33.2 Å². The molecule has 2 aliphatic heterocycles. The summed E-state index contributed by atoms with van der Waals surface area (Å²) in [6, 6.07) is 3.89. The van der Waals surface area contributed by atoms with Gasteiger partial charge in [0.1, 0.15) is 0 Å². The van der Waals surface area contributed by atoms with Crippen LogP contribution in [-0.2, 0) is 11.3 Å². The standard InChI is InChI=1S/C20H29F2N3O/c1-3-9-25-14-20(7-10-24(2)11-8-20)12-17(25)19(26)23-13-15-5-4-6-16(21)18(15)22/h4-6,17H,3,7-14H2,1-2H3,(H,23,26). The van der Waals surface area contributed by atoms with E-state index < -0.39 is 11.6 Å². The number of halogens is 2. The molecule has 6 heteroatoms. The van der Waals surface area contributed by atoms with Crippen LogP contribution in [0.5, 0.6) is 0 Å². The van der Waals surface area contributed by atoms with E-state index in [0.29, 0.717) is 0 Å². The first-order chi connectivity index (χ1) is 12.4. The van der Waals surface area contributed by atoms with Crippen molar-refractivity contribution in [1.82, 2.24) is 15.1 Å². The molecule has 2 fully saturated rings. The number of benzene rings is 1. The first kappa shape index (κ1) is 19.2. The number of carbonyl (C=O) groups is 1. The normalized spacial score (nSPS) is 23.5. The average molecular weight is 365 g/mol. The number of likely N-dealkylation sites (tertiary alicyclic amines) is 2. The highest BCUT2D eigenvalue weighted by molar-refractivity contribution is 5.82. The predicted octanol–water partition coefficient (Wildman–Crippen LogP) is 2.78. The number of nitrogens with one attached hydrogen (secondary N) is 1. The van der Waals surface area contributed by atoms with Crippen LogP contribution in [0.1, 0.15) is 38.2 Å². The number of carbonyl (C=O) groups excluding carboxylic acids is 1. The summed E-state index contributed by atoms with van der Waals surface area (Å²) < 4.78 is 27.1. The van der Waals surface area contributed by atoms with Gasteiger partial charge in [-0.3, -0.25) is 9.69 Å². The molecule has 0 saturated carbocycles. The highest BCUT2D eigenvalue weighted by Crippen LogP contribution is 2.43. The highest BCUT2D eigenvalue weighted by Gasteiger charge is 2.47. The number of nitrogens with zero attached hydrogens (tertiary/aromatic N) is 2. The second-order valence-electron chi connectivity index (χ2n) is 7.92. The highest BCUT2D eigenvalue weighted by atomic mass is 19.2. The zero-order valence-electron chi connectivity index (χ0n) is 15.7. The molecule has 0 aromatic heterocycles. The lowest BCUT2D eigenvalue weighted by atomic mass is 9.76. The molecular formula is C20H29F2N3O. The van der Waals surface area contributed by atoms with E-state index in [0.717, 1.165) is 57.9 Å². The summed E-state index contributed by atoms with van der Waals surface area (Å²) in [6.07, 6.45) is 4.09. The minimum absolute atomic E-state index is 0.0224. The van der Waals surface area contributed by atoms with Gasteiger partial charge in [0, 0.05) is 18.7 Å². The van der Waals surface area contributed by atoms with Crippen LogP contribution in [0.2, 0.25) is 0 Å². The Balaban J connectivity index is 1.65. The Bertz CT molecular complexity index is 644. The molecular weight excluding hydrogens is 336 g/mol.